The molecular weight excluding hydrogens is 306 g/mol. The zero-order valence-corrected chi connectivity index (χ0v) is 13.2. The number of rotatable bonds is 5. The molecule has 106 valence electrons. The quantitative estimate of drug-likeness (QED) is 0.899. The van der Waals surface area contributed by atoms with Crippen molar-refractivity contribution in [3.05, 3.63) is 28.2 Å². The van der Waals surface area contributed by atoms with Crippen LogP contribution in [0.4, 0.5) is 0 Å². The fourth-order valence-electron chi connectivity index (χ4n) is 2.47. The molecule has 2 rings (SSSR count). The van der Waals surface area contributed by atoms with Crippen LogP contribution in [0.15, 0.2) is 22.7 Å². The molecule has 4 heteroatoms. The number of ether oxygens (including phenoxy) is 2. The van der Waals surface area contributed by atoms with Crippen molar-refractivity contribution < 1.29 is 9.47 Å². The molecular formula is C15H22BrNO2. The highest BCUT2D eigenvalue weighted by Gasteiger charge is 2.20. The highest BCUT2D eigenvalue weighted by atomic mass is 79.9. The number of halogens is 1. The van der Waals surface area contributed by atoms with Crippen LogP contribution in [-0.4, -0.2) is 26.4 Å². The molecule has 0 radical (unpaired) electrons. The van der Waals surface area contributed by atoms with Crippen molar-refractivity contribution in [2.24, 2.45) is 5.92 Å². The van der Waals surface area contributed by atoms with E-state index in [2.05, 4.69) is 34.2 Å². The van der Waals surface area contributed by atoms with Crippen molar-refractivity contribution >= 4 is 15.9 Å². The summed E-state index contributed by atoms with van der Waals surface area (Å²) in [6.07, 6.45) is 2.32. The van der Waals surface area contributed by atoms with Gasteiger partial charge in [-0.15, -0.1) is 0 Å². The Morgan fingerprint density at radius 1 is 1.42 bits per heavy atom. The fourth-order valence-corrected chi connectivity index (χ4v) is 2.85. The van der Waals surface area contributed by atoms with E-state index in [0.29, 0.717) is 6.04 Å². The number of nitrogens with one attached hydrogen (secondary N) is 1. The maximum Gasteiger partial charge on any atom is 0.119 e. The molecule has 0 amide bonds. The van der Waals surface area contributed by atoms with Gasteiger partial charge in [-0.2, -0.15) is 0 Å². The molecule has 1 aromatic rings. The lowest BCUT2D eigenvalue weighted by molar-refractivity contribution is 0.0558. The van der Waals surface area contributed by atoms with Crippen molar-refractivity contribution in [2.45, 2.75) is 32.4 Å². The number of hydrogen-bond donors (Lipinski definition) is 1. The third-order valence-corrected chi connectivity index (χ3v) is 4.61. The van der Waals surface area contributed by atoms with Gasteiger partial charge in [-0.1, -0.05) is 15.9 Å². The molecule has 1 aliphatic heterocycles. The smallest absolute Gasteiger partial charge is 0.119 e. The summed E-state index contributed by atoms with van der Waals surface area (Å²) >= 11 is 3.59. The van der Waals surface area contributed by atoms with E-state index in [1.54, 1.807) is 7.11 Å². The van der Waals surface area contributed by atoms with Crippen LogP contribution in [0.25, 0.3) is 0 Å². The van der Waals surface area contributed by atoms with Crippen molar-refractivity contribution in [1.82, 2.24) is 5.32 Å². The minimum Gasteiger partial charge on any atom is -0.497 e. The summed E-state index contributed by atoms with van der Waals surface area (Å²) in [6, 6.07) is 6.60. The Morgan fingerprint density at radius 2 is 2.16 bits per heavy atom. The van der Waals surface area contributed by atoms with Gasteiger partial charge in [-0.05, 0) is 49.4 Å². The van der Waals surface area contributed by atoms with Crippen LogP contribution in [-0.2, 0) is 11.3 Å². The summed E-state index contributed by atoms with van der Waals surface area (Å²) in [6.45, 7) is 4.93. The predicted octanol–water partition coefficient (Wildman–Crippen LogP) is 3.36. The van der Waals surface area contributed by atoms with Gasteiger partial charge >= 0.3 is 0 Å². The van der Waals surface area contributed by atoms with Crippen LogP contribution in [0.3, 0.4) is 0 Å². The van der Waals surface area contributed by atoms with Gasteiger partial charge in [0.15, 0.2) is 0 Å². The topological polar surface area (TPSA) is 30.5 Å². The van der Waals surface area contributed by atoms with E-state index in [4.69, 9.17) is 9.47 Å². The van der Waals surface area contributed by atoms with Crippen LogP contribution < -0.4 is 10.1 Å². The van der Waals surface area contributed by atoms with E-state index in [1.165, 1.54) is 5.56 Å². The minimum atomic E-state index is 0.516. The molecule has 1 aliphatic rings. The van der Waals surface area contributed by atoms with Gasteiger partial charge in [-0.25, -0.2) is 0 Å². The van der Waals surface area contributed by atoms with E-state index >= 15 is 0 Å². The Hall–Kier alpha value is -0.580. The van der Waals surface area contributed by atoms with Gasteiger partial charge in [0.2, 0.25) is 0 Å². The Labute approximate surface area is 123 Å². The lowest BCUT2D eigenvalue weighted by Gasteiger charge is -2.28. The van der Waals surface area contributed by atoms with Gasteiger partial charge in [-0.3, -0.25) is 0 Å². The molecule has 0 spiro atoms. The summed E-state index contributed by atoms with van der Waals surface area (Å²) in [4.78, 5) is 0. The average molecular weight is 328 g/mol. The third kappa shape index (κ3) is 4.20. The first-order chi connectivity index (χ1) is 9.20. The Bertz CT molecular complexity index is 405. The molecule has 1 saturated heterocycles. The maximum atomic E-state index is 5.41. The molecule has 0 bridgehead atoms. The minimum absolute atomic E-state index is 0.516. The molecule has 1 aromatic carbocycles. The SMILES string of the molecule is COc1ccc(Br)c(CNC(C)C2CCOCC2)c1. The Morgan fingerprint density at radius 3 is 2.84 bits per heavy atom. The van der Waals surface area contributed by atoms with E-state index in [-0.39, 0.29) is 0 Å². The van der Waals surface area contributed by atoms with Crippen molar-refractivity contribution in [3.63, 3.8) is 0 Å². The molecule has 19 heavy (non-hydrogen) atoms. The number of benzene rings is 1. The van der Waals surface area contributed by atoms with Gasteiger partial charge in [0.1, 0.15) is 5.75 Å². The van der Waals surface area contributed by atoms with E-state index in [0.717, 1.165) is 48.7 Å². The summed E-state index contributed by atoms with van der Waals surface area (Å²) in [5, 5.41) is 3.62. The van der Waals surface area contributed by atoms with Crippen LogP contribution in [0, 0.1) is 5.92 Å². The molecule has 1 heterocycles. The van der Waals surface area contributed by atoms with Crippen molar-refractivity contribution in [1.29, 1.82) is 0 Å². The van der Waals surface area contributed by atoms with E-state index in [1.807, 2.05) is 12.1 Å². The predicted molar refractivity (Wildman–Crippen MR) is 80.5 cm³/mol. The van der Waals surface area contributed by atoms with Crippen LogP contribution in [0.1, 0.15) is 25.3 Å². The molecule has 0 saturated carbocycles. The standard InChI is InChI=1S/C15H22BrNO2/c1-11(12-5-7-19-8-6-12)17-10-13-9-14(18-2)3-4-15(13)16/h3-4,9,11-12,17H,5-8,10H2,1-2H3. The van der Waals surface area contributed by atoms with Gasteiger partial charge in [0, 0.05) is 30.3 Å². The number of methoxy groups -OCH3 is 1. The highest BCUT2D eigenvalue weighted by molar-refractivity contribution is 9.10. The highest BCUT2D eigenvalue weighted by Crippen LogP contribution is 2.23. The second-order valence-corrected chi connectivity index (χ2v) is 5.93. The van der Waals surface area contributed by atoms with Gasteiger partial charge in [0.25, 0.3) is 0 Å². The largest absolute Gasteiger partial charge is 0.497 e. The monoisotopic (exact) mass is 327 g/mol. The summed E-state index contributed by atoms with van der Waals surface area (Å²) in [5.41, 5.74) is 1.23. The van der Waals surface area contributed by atoms with Crippen molar-refractivity contribution in [3.8, 4) is 5.75 Å². The van der Waals surface area contributed by atoms with Crippen molar-refractivity contribution in [2.75, 3.05) is 20.3 Å². The molecule has 0 aromatic heterocycles. The van der Waals surface area contributed by atoms with E-state index in [9.17, 15) is 0 Å². The fraction of sp³-hybridized carbons (Fsp3) is 0.600. The molecule has 1 N–H and O–H groups in total. The lowest BCUT2D eigenvalue weighted by atomic mass is 9.93. The average Bonchev–Trinajstić information content (AvgIpc) is 2.47. The van der Waals surface area contributed by atoms with Gasteiger partial charge in [0.05, 0.1) is 7.11 Å². The molecule has 0 aliphatic carbocycles. The third-order valence-electron chi connectivity index (χ3n) is 3.84. The van der Waals surface area contributed by atoms with Crippen LogP contribution in [0.5, 0.6) is 5.75 Å². The molecule has 3 nitrogen and oxygen atoms in total. The second kappa shape index (κ2) is 7.27. The zero-order valence-electron chi connectivity index (χ0n) is 11.6. The first-order valence-electron chi connectivity index (χ1n) is 6.84. The van der Waals surface area contributed by atoms with Gasteiger partial charge < -0.3 is 14.8 Å². The summed E-state index contributed by atoms with van der Waals surface area (Å²) in [5.74, 6) is 1.62. The first kappa shape index (κ1) is 14.8. The maximum absolute atomic E-state index is 5.41. The zero-order chi connectivity index (χ0) is 13.7. The van der Waals surface area contributed by atoms with Crippen LogP contribution >= 0.6 is 15.9 Å². The molecule has 1 fully saturated rings. The van der Waals surface area contributed by atoms with Crippen LogP contribution in [0.2, 0.25) is 0 Å². The second-order valence-electron chi connectivity index (χ2n) is 5.08. The normalized spacial score (nSPS) is 18.3. The molecule has 1 unspecified atom stereocenters. The Balaban J connectivity index is 1.90. The summed E-state index contributed by atoms with van der Waals surface area (Å²) < 4.78 is 11.8. The summed E-state index contributed by atoms with van der Waals surface area (Å²) in [7, 11) is 1.70. The Kier molecular flexibility index (Phi) is 5.67. The molecule has 1 atom stereocenters. The van der Waals surface area contributed by atoms with E-state index < -0.39 is 0 Å². The number of hydrogen-bond acceptors (Lipinski definition) is 3. The first-order valence-corrected chi connectivity index (χ1v) is 7.63. The lowest BCUT2D eigenvalue weighted by Crippen LogP contribution is -2.36.